The summed E-state index contributed by atoms with van der Waals surface area (Å²) in [6.45, 7) is 3.02. The van der Waals surface area contributed by atoms with E-state index in [0.717, 1.165) is 55.7 Å². The van der Waals surface area contributed by atoms with Gasteiger partial charge in [0.1, 0.15) is 5.82 Å². The van der Waals surface area contributed by atoms with E-state index in [0.29, 0.717) is 5.95 Å². The van der Waals surface area contributed by atoms with Gasteiger partial charge >= 0.3 is 0 Å². The zero-order valence-electron chi connectivity index (χ0n) is 14.1. The second kappa shape index (κ2) is 8.06. The molecule has 0 bridgehead atoms. The molecule has 2 aromatic heterocycles. The molecule has 0 aromatic carbocycles. The number of hydrogen-bond donors (Lipinski definition) is 3. The first kappa shape index (κ1) is 16.6. The lowest BCUT2D eigenvalue weighted by Gasteiger charge is -2.17. The van der Waals surface area contributed by atoms with Crippen LogP contribution in [-0.2, 0) is 0 Å². The molecule has 0 spiro atoms. The molecule has 1 fully saturated rings. The van der Waals surface area contributed by atoms with E-state index < -0.39 is 0 Å². The van der Waals surface area contributed by atoms with Crippen molar-refractivity contribution in [3.8, 4) is 11.3 Å². The van der Waals surface area contributed by atoms with Gasteiger partial charge in [-0.15, -0.1) is 0 Å². The van der Waals surface area contributed by atoms with Crippen LogP contribution in [0.2, 0.25) is 0 Å². The predicted octanol–water partition coefficient (Wildman–Crippen LogP) is 3.08. The Morgan fingerprint density at radius 1 is 1.25 bits per heavy atom. The van der Waals surface area contributed by atoms with E-state index in [2.05, 4.69) is 32.5 Å². The smallest absolute Gasteiger partial charge is 0.224 e. The Labute approximate surface area is 142 Å². The first-order valence-electron chi connectivity index (χ1n) is 8.73. The fraction of sp³-hybridized carbons (Fsp3) is 0.500. The molecule has 128 valence electrons. The Hall–Kier alpha value is -2.21. The number of anilines is 2. The van der Waals surface area contributed by atoms with Crippen molar-refractivity contribution < 1.29 is 5.11 Å². The molecule has 0 amide bonds. The molecule has 2 heterocycles. The van der Waals surface area contributed by atoms with Crippen LogP contribution in [0.15, 0.2) is 30.6 Å². The van der Waals surface area contributed by atoms with E-state index >= 15 is 0 Å². The topological polar surface area (TPSA) is 83.0 Å². The molecule has 2 aromatic rings. The number of nitrogens with one attached hydrogen (secondary N) is 2. The van der Waals surface area contributed by atoms with Crippen LogP contribution in [0, 0.1) is 0 Å². The van der Waals surface area contributed by atoms with Crippen LogP contribution in [0.3, 0.4) is 0 Å². The van der Waals surface area contributed by atoms with E-state index in [9.17, 15) is 5.11 Å². The van der Waals surface area contributed by atoms with Crippen molar-refractivity contribution in [2.24, 2.45) is 0 Å². The minimum absolute atomic E-state index is 0.218. The Morgan fingerprint density at radius 2 is 2.17 bits per heavy atom. The molecule has 2 atom stereocenters. The Bertz CT molecular complexity index is 649. The van der Waals surface area contributed by atoms with E-state index in [1.807, 2.05) is 24.4 Å². The molecule has 0 radical (unpaired) electrons. The third-order valence-electron chi connectivity index (χ3n) is 4.29. The largest absolute Gasteiger partial charge is 0.393 e. The van der Waals surface area contributed by atoms with Crippen molar-refractivity contribution in [3.05, 3.63) is 30.6 Å². The van der Waals surface area contributed by atoms with Gasteiger partial charge in [-0.2, -0.15) is 4.98 Å². The van der Waals surface area contributed by atoms with Crippen molar-refractivity contribution in [2.45, 2.75) is 51.2 Å². The maximum Gasteiger partial charge on any atom is 0.224 e. The fourth-order valence-corrected chi connectivity index (χ4v) is 2.95. The van der Waals surface area contributed by atoms with Crippen LogP contribution in [0.4, 0.5) is 11.8 Å². The van der Waals surface area contributed by atoms with Gasteiger partial charge in [0.15, 0.2) is 0 Å². The van der Waals surface area contributed by atoms with E-state index in [1.54, 1.807) is 6.20 Å². The van der Waals surface area contributed by atoms with Gasteiger partial charge in [-0.3, -0.25) is 4.98 Å². The van der Waals surface area contributed by atoms with Gasteiger partial charge in [0, 0.05) is 25.0 Å². The van der Waals surface area contributed by atoms with Crippen LogP contribution < -0.4 is 10.6 Å². The van der Waals surface area contributed by atoms with Crippen molar-refractivity contribution >= 4 is 11.8 Å². The molecular weight excluding hydrogens is 302 g/mol. The summed E-state index contributed by atoms with van der Waals surface area (Å²) in [6.07, 6.45) is 8.12. The highest BCUT2D eigenvalue weighted by atomic mass is 16.3. The summed E-state index contributed by atoms with van der Waals surface area (Å²) in [5.74, 6) is 1.41. The highest BCUT2D eigenvalue weighted by molar-refractivity contribution is 5.72. The van der Waals surface area contributed by atoms with Crippen molar-refractivity contribution in [2.75, 3.05) is 17.2 Å². The molecule has 0 unspecified atom stereocenters. The predicted molar refractivity (Wildman–Crippen MR) is 95.9 cm³/mol. The highest BCUT2D eigenvalue weighted by Crippen LogP contribution is 2.29. The van der Waals surface area contributed by atoms with Gasteiger partial charge < -0.3 is 15.7 Å². The third kappa shape index (κ3) is 4.20. The number of aliphatic hydroxyl groups excluding tert-OH is 1. The summed E-state index contributed by atoms with van der Waals surface area (Å²) in [4.78, 5) is 13.5. The van der Waals surface area contributed by atoms with Gasteiger partial charge in [-0.05, 0) is 37.8 Å². The zero-order chi connectivity index (χ0) is 16.8. The average Bonchev–Trinajstić information content (AvgIpc) is 3.01. The van der Waals surface area contributed by atoms with E-state index in [1.165, 1.54) is 0 Å². The van der Waals surface area contributed by atoms with E-state index in [4.69, 9.17) is 0 Å². The molecule has 0 aliphatic heterocycles. The number of rotatable bonds is 7. The van der Waals surface area contributed by atoms with Crippen molar-refractivity contribution in [1.29, 1.82) is 0 Å². The first-order chi connectivity index (χ1) is 11.8. The second-order valence-electron chi connectivity index (χ2n) is 6.26. The average molecular weight is 327 g/mol. The molecule has 1 aliphatic carbocycles. The quantitative estimate of drug-likeness (QED) is 0.678. The Kier molecular flexibility index (Phi) is 5.59. The molecule has 1 saturated carbocycles. The van der Waals surface area contributed by atoms with Gasteiger partial charge in [0.2, 0.25) is 5.95 Å². The monoisotopic (exact) mass is 327 g/mol. The van der Waals surface area contributed by atoms with Crippen molar-refractivity contribution in [3.63, 3.8) is 0 Å². The summed E-state index contributed by atoms with van der Waals surface area (Å²) >= 11 is 0. The lowest BCUT2D eigenvalue weighted by atomic mass is 10.1. The number of nitrogens with zero attached hydrogens (tertiary/aromatic N) is 3. The molecule has 0 saturated heterocycles. The maximum absolute atomic E-state index is 9.76. The maximum atomic E-state index is 9.76. The second-order valence-corrected chi connectivity index (χ2v) is 6.26. The Morgan fingerprint density at radius 3 is 2.88 bits per heavy atom. The van der Waals surface area contributed by atoms with Crippen LogP contribution in [0.25, 0.3) is 11.3 Å². The van der Waals surface area contributed by atoms with Gasteiger partial charge in [-0.1, -0.05) is 19.4 Å². The Balaban J connectivity index is 1.83. The van der Waals surface area contributed by atoms with Gasteiger partial charge in [0.25, 0.3) is 0 Å². The summed E-state index contributed by atoms with van der Waals surface area (Å²) < 4.78 is 0. The summed E-state index contributed by atoms with van der Waals surface area (Å²) in [6, 6.07) is 6.04. The van der Waals surface area contributed by atoms with Gasteiger partial charge in [-0.25, -0.2) is 4.98 Å². The first-order valence-corrected chi connectivity index (χ1v) is 8.73. The number of aromatic nitrogens is 3. The van der Waals surface area contributed by atoms with Crippen LogP contribution >= 0.6 is 0 Å². The fourth-order valence-electron chi connectivity index (χ4n) is 2.95. The van der Waals surface area contributed by atoms with E-state index in [-0.39, 0.29) is 12.1 Å². The molecule has 6 nitrogen and oxygen atoms in total. The lowest BCUT2D eigenvalue weighted by Crippen LogP contribution is -2.19. The zero-order valence-corrected chi connectivity index (χ0v) is 14.1. The molecule has 3 rings (SSSR count). The molecular formula is C18H25N5O. The highest BCUT2D eigenvalue weighted by Gasteiger charge is 2.24. The van der Waals surface area contributed by atoms with Crippen LogP contribution in [-0.4, -0.2) is 38.7 Å². The molecule has 1 aliphatic rings. The SMILES string of the molecule is CCCCNc1ncc(-c2ccccn2)c(N[C@@H]2CC[C@@H](O)C2)n1. The summed E-state index contributed by atoms with van der Waals surface area (Å²) in [5.41, 5.74) is 1.73. The minimum Gasteiger partial charge on any atom is -0.393 e. The minimum atomic E-state index is -0.218. The molecule has 3 N–H and O–H groups in total. The number of pyridine rings is 1. The lowest BCUT2D eigenvalue weighted by molar-refractivity contribution is 0.182. The normalized spacial score (nSPS) is 20.1. The summed E-state index contributed by atoms with van der Waals surface area (Å²) in [7, 11) is 0. The summed E-state index contributed by atoms with van der Waals surface area (Å²) in [5, 5.41) is 16.5. The van der Waals surface area contributed by atoms with Gasteiger partial charge in [0.05, 0.1) is 17.4 Å². The van der Waals surface area contributed by atoms with Crippen LogP contribution in [0.5, 0.6) is 0 Å². The number of hydrogen-bond acceptors (Lipinski definition) is 6. The number of aliphatic hydroxyl groups is 1. The molecule has 6 heteroatoms. The standard InChI is InChI=1S/C18H25N5O/c1-2-3-9-20-18-21-12-15(16-6-4-5-10-19-16)17(23-18)22-13-7-8-14(24)11-13/h4-6,10,12-14,24H,2-3,7-9,11H2,1H3,(H2,20,21,22,23)/t13-,14-/m1/s1. The molecule has 24 heavy (non-hydrogen) atoms. The number of unbranched alkanes of at least 4 members (excludes halogenated alkanes) is 1. The van der Waals surface area contributed by atoms with Crippen LogP contribution in [0.1, 0.15) is 39.0 Å². The van der Waals surface area contributed by atoms with Crippen molar-refractivity contribution in [1.82, 2.24) is 15.0 Å². The third-order valence-corrected chi connectivity index (χ3v) is 4.29.